The standard InChI is InChI=1S/C7H9N/c8-6-5-7-3-1-2-4-7/h1,3,7H,2,4-5H2. The van der Waals surface area contributed by atoms with Gasteiger partial charge in [-0.2, -0.15) is 5.26 Å². The van der Waals surface area contributed by atoms with Crippen molar-refractivity contribution in [3.63, 3.8) is 0 Å². The molecule has 0 aromatic rings. The molecule has 0 N–H and O–H groups in total. The molecule has 0 radical (unpaired) electrons. The van der Waals surface area contributed by atoms with Gasteiger partial charge in [0.15, 0.2) is 0 Å². The molecule has 0 amide bonds. The highest BCUT2D eigenvalue weighted by molar-refractivity contribution is 4.99. The van der Waals surface area contributed by atoms with Gasteiger partial charge in [-0.3, -0.25) is 0 Å². The molecule has 0 bridgehead atoms. The zero-order valence-corrected chi connectivity index (χ0v) is 4.80. The molecular formula is C7H9N. The molecule has 0 saturated carbocycles. The first-order valence-electron chi connectivity index (χ1n) is 2.97. The van der Waals surface area contributed by atoms with Crippen molar-refractivity contribution in [1.29, 1.82) is 5.26 Å². The van der Waals surface area contributed by atoms with Crippen LogP contribution in [-0.4, -0.2) is 0 Å². The fourth-order valence-electron chi connectivity index (χ4n) is 0.983. The molecule has 8 heavy (non-hydrogen) atoms. The molecule has 1 atom stereocenters. The lowest BCUT2D eigenvalue weighted by Crippen LogP contribution is -1.86. The Morgan fingerprint density at radius 2 is 2.62 bits per heavy atom. The fourth-order valence-corrected chi connectivity index (χ4v) is 0.983. The molecule has 1 heteroatoms. The summed E-state index contributed by atoms with van der Waals surface area (Å²) in [4.78, 5) is 0. The van der Waals surface area contributed by atoms with Crippen LogP contribution in [0.1, 0.15) is 19.3 Å². The van der Waals surface area contributed by atoms with Crippen LogP contribution >= 0.6 is 0 Å². The number of rotatable bonds is 1. The molecule has 0 aromatic carbocycles. The van der Waals surface area contributed by atoms with E-state index in [9.17, 15) is 0 Å². The second kappa shape index (κ2) is 2.52. The third-order valence-corrected chi connectivity index (χ3v) is 1.47. The summed E-state index contributed by atoms with van der Waals surface area (Å²) in [6.45, 7) is 0. The molecule has 1 aliphatic carbocycles. The topological polar surface area (TPSA) is 23.8 Å². The van der Waals surface area contributed by atoms with Crippen LogP contribution in [0, 0.1) is 17.2 Å². The minimum atomic E-state index is 0.569. The van der Waals surface area contributed by atoms with Crippen molar-refractivity contribution in [2.75, 3.05) is 0 Å². The van der Waals surface area contributed by atoms with Gasteiger partial charge < -0.3 is 0 Å². The third kappa shape index (κ3) is 1.10. The van der Waals surface area contributed by atoms with Gasteiger partial charge in [0, 0.05) is 6.42 Å². The average molecular weight is 107 g/mol. The SMILES string of the molecule is N#CCC1C=CCC1. The Kier molecular flexibility index (Phi) is 1.69. The number of allylic oxidation sites excluding steroid dienone is 2. The van der Waals surface area contributed by atoms with E-state index in [1.165, 1.54) is 12.8 Å². The van der Waals surface area contributed by atoms with Gasteiger partial charge in [0.2, 0.25) is 0 Å². The van der Waals surface area contributed by atoms with Crippen LogP contribution < -0.4 is 0 Å². The highest BCUT2D eigenvalue weighted by atomic mass is 14.2. The molecule has 1 rings (SSSR count). The number of nitriles is 1. The van der Waals surface area contributed by atoms with Gasteiger partial charge in [0.1, 0.15) is 0 Å². The first-order valence-corrected chi connectivity index (χ1v) is 2.97. The van der Waals surface area contributed by atoms with Crippen LogP contribution in [0.15, 0.2) is 12.2 Å². The third-order valence-electron chi connectivity index (χ3n) is 1.47. The van der Waals surface area contributed by atoms with E-state index >= 15 is 0 Å². The molecule has 0 spiro atoms. The summed E-state index contributed by atoms with van der Waals surface area (Å²) in [5, 5.41) is 8.24. The first-order chi connectivity index (χ1) is 3.93. The summed E-state index contributed by atoms with van der Waals surface area (Å²) >= 11 is 0. The maximum Gasteiger partial charge on any atom is 0.0627 e. The molecule has 0 aromatic heterocycles. The molecular weight excluding hydrogens is 98.1 g/mol. The van der Waals surface area contributed by atoms with Crippen LogP contribution in [0.3, 0.4) is 0 Å². The maximum absolute atomic E-state index is 8.24. The largest absolute Gasteiger partial charge is 0.198 e. The van der Waals surface area contributed by atoms with E-state index in [-0.39, 0.29) is 0 Å². The number of hydrogen-bond donors (Lipinski definition) is 0. The van der Waals surface area contributed by atoms with E-state index < -0.39 is 0 Å². The predicted molar refractivity (Wildman–Crippen MR) is 32.1 cm³/mol. The van der Waals surface area contributed by atoms with E-state index in [2.05, 4.69) is 18.2 Å². The van der Waals surface area contributed by atoms with Gasteiger partial charge in [0.25, 0.3) is 0 Å². The number of nitrogens with zero attached hydrogens (tertiary/aromatic N) is 1. The Hall–Kier alpha value is -0.770. The monoisotopic (exact) mass is 107 g/mol. The Balaban J connectivity index is 2.28. The Morgan fingerprint density at radius 3 is 3.12 bits per heavy atom. The van der Waals surface area contributed by atoms with Crippen molar-refractivity contribution in [2.45, 2.75) is 19.3 Å². The van der Waals surface area contributed by atoms with Crippen molar-refractivity contribution >= 4 is 0 Å². The maximum atomic E-state index is 8.24. The van der Waals surface area contributed by atoms with E-state index in [4.69, 9.17) is 5.26 Å². The predicted octanol–water partition coefficient (Wildman–Crippen LogP) is 1.87. The Bertz CT molecular complexity index is 130. The summed E-state index contributed by atoms with van der Waals surface area (Å²) in [6, 6.07) is 2.16. The van der Waals surface area contributed by atoms with Crippen molar-refractivity contribution < 1.29 is 0 Å². The minimum absolute atomic E-state index is 0.569. The van der Waals surface area contributed by atoms with Crippen molar-refractivity contribution in [1.82, 2.24) is 0 Å². The van der Waals surface area contributed by atoms with Gasteiger partial charge in [-0.15, -0.1) is 0 Å². The molecule has 0 saturated heterocycles. The quantitative estimate of drug-likeness (QED) is 0.469. The summed E-state index contributed by atoms with van der Waals surface area (Å²) in [5.41, 5.74) is 0. The summed E-state index contributed by atoms with van der Waals surface area (Å²) < 4.78 is 0. The van der Waals surface area contributed by atoms with Gasteiger partial charge in [0.05, 0.1) is 6.07 Å². The van der Waals surface area contributed by atoms with Crippen LogP contribution in [0.4, 0.5) is 0 Å². The van der Waals surface area contributed by atoms with Gasteiger partial charge in [-0.05, 0) is 18.8 Å². The lowest BCUT2D eigenvalue weighted by Gasteiger charge is -1.95. The lowest BCUT2D eigenvalue weighted by atomic mass is 10.1. The van der Waals surface area contributed by atoms with Crippen LogP contribution in [0.2, 0.25) is 0 Å². The second-order valence-electron chi connectivity index (χ2n) is 2.13. The normalized spacial score (nSPS) is 25.6. The van der Waals surface area contributed by atoms with E-state index in [1.807, 2.05) is 0 Å². The molecule has 1 nitrogen and oxygen atoms in total. The lowest BCUT2D eigenvalue weighted by molar-refractivity contribution is 0.650. The van der Waals surface area contributed by atoms with E-state index in [1.54, 1.807) is 0 Å². The fraction of sp³-hybridized carbons (Fsp3) is 0.571. The molecule has 42 valence electrons. The second-order valence-corrected chi connectivity index (χ2v) is 2.13. The first kappa shape index (κ1) is 5.37. The summed E-state index contributed by atoms with van der Waals surface area (Å²) in [6.07, 6.45) is 7.36. The van der Waals surface area contributed by atoms with Gasteiger partial charge in [-0.25, -0.2) is 0 Å². The highest BCUT2D eigenvalue weighted by Crippen LogP contribution is 2.18. The zero-order chi connectivity index (χ0) is 5.82. The van der Waals surface area contributed by atoms with Crippen molar-refractivity contribution in [3.8, 4) is 6.07 Å². The van der Waals surface area contributed by atoms with Crippen LogP contribution in [0.25, 0.3) is 0 Å². The Labute approximate surface area is 49.6 Å². The smallest absolute Gasteiger partial charge is 0.0627 e. The average Bonchev–Trinajstić information content (AvgIpc) is 2.19. The molecule has 1 aliphatic rings. The van der Waals surface area contributed by atoms with Gasteiger partial charge >= 0.3 is 0 Å². The van der Waals surface area contributed by atoms with Crippen molar-refractivity contribution in [2.24, 2.45) is 5.92 Å². The zero-order valence-electron chi connectivity index (χ0n) is 4.80. The molecule has 1 unspecified atom stereocenters. The molecule has 0 heterocycles. The highest BCUT2D eigenvalue weighted by Gasteiger charge is 2.06. The van der Waals surface area contributed by atoms with Crippen LogP contribution in [0.5, 0.6) is 0 Å². The minimum Gasteiger partial charge on any atom is -0.198 e. The van der Waals surface area contributed by atoms with Crippen LogP contribution in [-0.2, 0) is 0 Å². The molecule has 0 aliphatic heterocycles. The number of hydrogen-bond acceptors (Lipinski definition) is 1. The van der Waals surface area contributed by atoms with E-state index in [0.717, 1.165) is 0 Å². The van der Waals surface area contributed by atoms with Crippen molar-refractivity contribution in [3.05, 3.63) is 12.2 Å². The van der Waals surface area contributed by atoms with E-state index in [0.29, 0.717) is 12.3 Å². The summed E-state index contributed by atoms with van der Waals surface area (Å²) in [5.74, 6) is 0.569. The van der Waals surface area contributed by atoms with Gasteiger partial charge in [-0.1, -0.05) is 12.2 Å². The Morgan fingerprint density at radius 1 is 1.75 bits per heavy atom. The molecule has 0 fully saturated rings. The summed E-state index contributed by atoms with van der Waals surface area (Å²) in [7, 11) is 0.